The van der Waals surface area contributed by atoms with E-state index < -0.39 is 0 Å². The summed E-state index contributed by atoms with van der Waals surface area (Å²) in [6.45, 7) is 1.67. The third kappa shape index (κ3) is 3.39. The maximum Gasteiger partial charge on any atom is 0.410 e. The first kappa shape index (κ1) is 14.4. The molecule has 6 heteroatoms. The van der Waals surface area contributed by atoms with Gasteiger partial charge in [-0.3, -0.25) is 4.68 Å². The third-order valence-corrected chi connectivity index (χ3v) is 3.92. The summed E-state index contributed by atoms with van der Waals surface area (Å²) in [6, 6.07) is 10.0. The third-order valence-electron chi connectivity index (χ3n) is 3.92. The van der Waals surface area contributed by atoms with E-state index in [1.165, 1.54) is 0 Å². The average Bonchev–Trinajstić information content (AvgIpc) is 3.00. The first-order valence-electron chi connectivity index (χ1n) is 7.47. The van der Waals surface area contributed by atoms with Gasteiger partial charge in [0, 0.05) is 19.3 Å². The summed E-state index contributed by atoms with van der Waals surface area (Å²) < 4.78 is 7.25. The van der Waals surface area contributed by atoms with E-state index in [2.05, 4.69) is 5.10 Å². The van der Waals surface area contributed by atoms with Crippen LogP contribution in [0.4, 0.5) is 10.5 Å². The molecule has 6 nitrogen and oxygen atoms in total. The highest BCUT2D eigenvalue weighted by Crippen LogP contribution is 2.23. The topological polar surface area (TPSA) is 73.4 Å². The zero-order valence-electron chi connectivity index (χ0n) is 12.4. The minimum atomic E-state index is -0.248. The van der Waals surface area contributed by atoms with E-state index >= 15 is 0 Å². The van der Waals surface area contributed by atoms with Crippen molar-refractivity contribution in [3.05, 3.63) is 48.3 Å². The molecule has 0 unspecified atom stereocenters. The zero-order chi connectivity index (χ0) is 15.4. The number of carbonyl (C=O) groups is 1. The Morgan fingerprint density at radius 1 is 1.27 bits per heavy atom. The van der Waals surface area contributed by atoms with Gasteiger partial charge in [-0.15, -0.1) is 0 Å². The Hall–Kier alpha value is -2.50. The number of anilines is 1. The first-order valence-corrected chi connectivity index (χ1v) is 7.47. The molecule has 0 atom stereocenters. The van der Waals surface area contributed by atoms with Gasteiger partial charge in [-0.1, -0.05) is 30.3 Å². The van der Waals surface area contributed by atoms with Crippen molar-refractivity contribution in [2.45, 2.75) is 25.5 Å². The van der Waals surface area contributed by atoms with Crippen molar-refractivity contribution in [3.8, 4) is 0 Å². The van der Waals surface area contributed by atoms with E-state index in [9.17, 15) is 4.79 Å². The lowest BCUT2D eigenvalue weighted by Crippen LogP contribution is -2.39. The Labute approximate surface area is 129 Å². The fourth-order valence-electron chi connectivity index (χ4n) is 2.68. The summed E-state index contributed by atoms with van der Waals surface area (Å²) >= 11 is 0. The van der Waals surface area contributed by atoms with E-state index in [0.717, 1.165) is 18.4 Å². The molecule has 1 aromatic carbocycles. The SMILES string of the molecule is Nc1cnn(C2CCN(C(=O)OCc3ccccc3)CC2)c1. The first-order chi connectivity index (χ1) is 10.7. The quantitative estimate of drug-likeness (QED) is 0.945. The Balaban J connectivity index is 1.47. The van der Waals surface area contributed by atoms with E-state index in [4.69, 9.17) is 10.5 Å². The average molecular weight is 300 g/mol. The molecule has 3 rings (SSSR count). The fraction of sp³-hybridized carbons (Fsp3) is 0.375. The van der Waals surface area contributed by atoms with Crippen LogP contribution in [0.5, 0.6) is 0 Å². The van der Waals surface area contributed by atoms with E-state index in [1.807, 2.05) is 41.2 Å². The molecule has 0 saturated carbocycles. The molecule has 22 heavy (non-hydrogen) atoms. The molecule has 116 valence electrons. The fourth-order valence-corrected chi connectivity index (χ4v) is 2.68. The van der Waals surface area contributed by atoms with Crippen molar-refractivity contribution < 1.29 is 9.53 Å². The number of hydrogen-bond donors (Lipinski definition) is 1. The maximum absolute atomic E-state index is 12.1. The number of nitrogen functional groups attached to an aromatic ring is 1. The van der Waals surface area contributed by atoms with E-state index in [0.29, 0.717) is 31.4 Å². The van der Waals surface area contributed by atoms with Gasteiger partial charge in [0.2, 0.25) is 0 Å². The van der Waals surface area contributed by atoms with Crippen LogP contribution in [0.25, 0.3) is 0 Å². The predicted octanol–water partition coefficient (Wildman–Crippen LogP) is 2.44. The lowest BCUT2D eigenvalue weighted by Gasteiger charge is -2.31. The number of amides is 1. The lowest BCUT2D eigenvalue weighted by molar-refractivity contribution is 0.0821. The molecule has 1 saturated heterocycles. The lowest BCUT2D eigenvalue weighted by atomic mass is 10.1. The number of piperidine rings is 1. The molecule has 1 fully saturated rings. The summed E-state index contributed by atoms with van der Waals surface area (Å²) in [5.41, 5.74) is 7.36. The van der Waals surface area contributed by atoms with Gasteiger partial charge in [-0.05, 0) is 18.4 Å². The van der Waals surface area contributed by atoms with Crippen LogP contribution in [0, 0.1) is 0 Å². The van der Waals surface area contributed by atoms with Crippen LogP contribution < -0.4 is 5.73 Å². The highest BCUT2D eigenvalue weighted by atomic mass is 16.6. The monoisotopic (exact) mass is 300 g/mol. The maximum atomic E-state index is 12.1. The molecular formula is C16H20N4O2. The standard InChI is InChI=1S/C16H20N4O2/c17-14-10-18-20(11-14)15-6-8-19(9-7-15)16(21)22-12-13-4-2-1-3-5-13/h1-5,10-11,15H,6-9,12,17H2. The van der Waals surface area contributed by atoms with Gasteiger partial charge in [-0.25, -0.2) is 4.79 Å². The van der Waals surface area contributed by atoms with Crippen LogP contribution in [-0.4, -0.2) is 33.9 Å². The molecule has 2 aromatic rings. The number of nitrogens with two attached hydrogens (primary N) is 1. The van der Waals surface area contributed by atoms with Crippen LogP contribution in [0.3, 0.4) is 0 Å². The Morgan fingerprint density at radius 2 is 2.00 bits per heavy atom. The number of likely N-dealkylation sites (tertiary alicyclic amines) is 1. The number of carbonyl (C=O) groups excluding carboxylic acids is 1. The molecule has 0 spiro atoms. The van der Waals surface area contributed by atoms with Crippen molar-refractivity contribution in [1.29, 1.82) is 0 Å². The zero-order valence-corrected chi connectivity index (χ0v) is 12.4. The molecule has 0 aliphatic carbocycles. The minimum Gasteiger partial charge on any atom is -0.445 e. The summed E-state index contributed by atoms with van der Waals surface area (Å²) in [5, 5.41) is 4.24. The summed E-state index contributed by atoms with van der Waals surface area (Å²) in [6.07, 6.45) is 4.97. The Bertz CT molecular complexity index is 618. The summed E-state index contributed by atoms with van der Waals surface area (Å²) in [7, 11) is 0. The number of aromatic nitrogens is 2. The second-order valence-electron chi connectivity index (χ2n) is 5.51. The second-order valence-corrected chi connectivity index (χ2v) is 5.51. The summed E-state index contributed by atoms with van der Waals surface area (Å²) in [4.78, 5) is 13.8. The normalized spacial score (nSPS) is 15.7. The van der Waals surface area contributed by atoms with Crippen LogP contribution >= 0.6 is 0 Å². The molecule has 1 aliphatic rings. The molecule has 1 aromatic heterocycles. The molecule has 1 aliphatic heterocycles. The van der Waals surface area contributed by atoms with E-state index in [1.54, 1.807) is 11.1 Å². The van der Waals surface area contributed by atoms with Gasteiger partial charge in [-0.2, -0.15) is 5.10 Å². The van der Waals surface area contributed by atoms with Crippen molar-refractivity contribution in [3.63, 3.8) is 0 Å². The Morgan fingerprint density at radius 3 is 2.64 bits per heavy atom. The van der Waals surface area contributed by atoms with Crippen molar-refractivity contribution in [2.24, 2.45) is 0 Å². The van der Waals surface area contributed by atoms with Crippen LogP contribution in [0.15, 0.2) is 42.7 Å². The molecular weight excluding hydrogens is 280 g/mol. The van der Waals surface area contributed by atoms with Gasteiger partial charge >= 0.3 is 6.09 Å². The molecule has 2 heterocycles. The number of ether oxygens (including phenoxy) is 1. The highest BCUT2D eigenvalue weighted by Gasteiger charge is 2.25. The Kier molecular flexibility index (Phi) is 4.27. The molecule has 1 amide bonds. The molecule has 2 N–H and O–H groups in total. The molecule has 0 radical (unpaired) electrons. The van der Waals surface area contributed by atoms with Gasteiger partial charge in [0.25, 0.3) is 0 Å². The van der Waals surface area contributed by atoms with Gasteiger partial charge in [0.05, 0.1) is 17.9 Å². The number of nitrogens with zero attached hydrogens (tertiary/aromatic N) is 3. The van der Waals surface area contributed by atoms with Gasteiger partial charge in [0.1, 0.15) is 6.61 Å². The smallest absolute Gasteiger partial charge is 0.410 e. The van der Waals surface area contributed by atoms with E-state index in [-0.39, 0.29) is 6.09 Å². The predicted molar refractivity (Wildman–Crippen MR) is 83.1 cm³/mol. The molecule has 0 bridgehead atoms. The van der Waals surface area contributed by atoms with Crippen LogP contribution in [0.2, 0.25) is 0 Å². The number of rotatable bonds is 3. The van der Waals surface area contributed by atoms with Crippen molar-refractivity contribution in [1.82, 2.24) is 14.7 Å². The second kappa shape index (κ2) is 6.51. The highest BCUT2D eigenvalue weighted by molar-refractivity contribution is 5.67. The van der Waals surface area contributed by atoms with Crippen molar-refractivity contribution >= 4 is 11.8 Å². The minimum absolute atomic E-state index is 0.248. The van der Waals surface area contributed by atoms with Crippen LogP contribution in [-0.2, 0) is 11.3 Å². The summed E-state index contributed by atoms with van der Waals surface area (Å²) in [5.74, 6) is 0. The van der Waals surface area contributed by atoms with Crippen molar-refractivity contribution in [2.75, 3.05) is 18.8 Å². The van der Waals surface area contributed by atoms with Crippen LogP contribution in [0.1, 0.15) is 24.4 Å². The largest absolute Gasteiger partial charge is 0.445 e. The van der Waals surface area contributed by atoms with Gasteiger partial charge < -0.3 is 15.4 Å². The number of benzene rings is 1. The van der Waals surface area contributed by atoms with Gasteiger partial charge in [0.15, 0.2) is 0 Å². The number of hydrogen-bond acceptors (Lipinski definition) is 4.